The molecule has 0 radical (unpaired) electrons. The van der Waals surface area contributed by atoms with Crippen LogP contribution in [-0.2, 0) is 6.54 Å². The molecular formula is C15H17N3O2. The Morgan fingerprint density at radius 2 is 2.00 bits per heavy atom. The molecule has 1 saturated heterocycles. The number of likely N-dealkylation sites (tertiary alicyclic amines) is 1. The van der Waals surface area contributed by atoms with Crippen LogP contribution in [-0.4, -0.2) is 38.8 Å². The normalized spacial score (nSPS) is 21.6. The van der Waals surface area contributed by atoms with Crippen molar-refractivity contribution in [3.8, 4) is 11.5 Å². The summed E-state index contributed by atoms with van der Waals surface area (Å²) < 4.78 is 5.28. The molecule has 5 nitrogen and oxygen atoms in total. The van der Waals surface area contributed by atoms with Gasteiger partial charge in [-0.05, 0) is 30.9 Å². The van der Waals surface area contributed by atoms with E-state index in [1.165, 1.54) is 12.8 Å². The zero-order valence-electron chi connectivity index (χ0n) is 11.2. The molecule has 0 spiro atoms. The maximum atomic E-state index is 10.3. The van der Waals surface area contributed by atoms with E-state index in [1.54, 1.807) is 0 Å². The summed E-state index contributed by atoms with van der Waals surface area (Å²) >= 11 is 0. The summed E-state index contributed by atoms with van der Waals surface area (Å²) in [6.07, 6.45) is 2.34. The quantitative estimate of drug-likeness (QED) is 0.917. The summed E-state index contributed by atoms with van der Waals surface area (Å²) in [5, 5.41) is 14.3. The van der Waals surface area contributed by atoms with Crippen molar-refractivity contribution in [2.24, 2.45) is 5.92 Å². The Balaban J connectivity index is 1.40. The molecule has 1 saturated carbocycles. The second kappa shape index (κ2) is 4.40. The highest BCUT2D eigenvalue weighted by molar-refractivity contribution is 5.51. The van der Waals surface area contributed by atoms with Crippen molar-refractivity contribution in [1.29, 1.82) is 0 Å². The summed E-state index contributed by atoms with van der Waals surface area (Å²) in [5.41, 5.74) is 0.482. The highest BCUT2D eigenvalue weighted by Crippen LogP contribution is 2.44. The van der Waals surface area contributed by atoms with Crippen molar-refractivity contribution >= 4 is 0 Å². The average molecular weight is 271 g/mol. The van der Waals surface area contributed by atoms with Crippen molar-refractivity contribution in [3.05, 3.63) is 36.2 Å². The van der Waals surface area contributed by atoms with Crippen molar-refractivity contribution in [2.75, 3.05) is 13.1 Å². The lowest BCUT2D eigenvalue weighted by Gasteiger charge is -2.46. The number of aromatic nitrogens is 2. The zero-order chi connectivity index (χ0) is 13.6. The molecule has 4 rings (SSSR count). The van der Waals surface area contributed by atoms with E-state index < -0.39 is 5.60 Å². The Bertz CT molecular complexity index is 601. The molecular weight excluding hydrogens is 254 g/mol. The topological polar surface area (TPSA) is 62.4 Å². The molecule has 1 aliphatic carbocycles. The van der Waals surface area contributed by atoms with E-state index in [0.29, 0.717) is 24.2 Å². The van der Waals surface area contributed by atoms with Crippen LogP contribution < -0.4 is 0 Å². The molecule has 0 unspecified atom stereocenters. The first kappa shape index (κ1) is 12.1. The van der Waals surface area contributed by atoms with E-state index >= 15 is 0 Å². The number of hydrogen-bond acceptors (Lipinski definition) is 5. The van der Waals surface area contributed by atoms with E-state index in [0.717, 1.165) is 18.7 Å². The Labute approximate surface area is 117 Å². The average Bonchev–Trinajstić information content (AvgIpc) is 3.19. The number of β-amino-alcohol motifs (C(OH)–C–C–N with tert-alkyl or cyclic N) is 1. The lowest BCUT2D eigenvalue weighted by atomic mass is 9.89. The fraction of sp³-hybridized carbons (Fsp3) is 0.467. The highest BCUT2D eigenvalue weighted by Gasteiger charge is 2.51. The fourth-order valence-electron chi connectivity index (χ4n) is 2.93. The van der Waals surface area contributed by atoms with E-state index in [9.17, 15) is 5.11 Å². The van der Waals surface area contributed by atoms with E-state index in [1.807, 2.05) is 30.3 Å². The SMILES string of the molecule is OC1(C2CC2)CN(Cc2noc(-c3ccccc3)n2)C1. The van der Waals surface area contributed by atoms with Crippen molar-refractivity contribution in [1.82, 2.24) is 15.0 Å². The summed E-state index contributed by atoms with van der Waals surface area (Å²) in [4.78, 5) is 6.57. The van der Waals surface area contributed by atoms with Crippen LogP contribution in [0.2, 0.25) is 0 Å². The minimum absolute atomic E-state index is 0.452. The predicted molar refractivity (Wildman–Crippen MR) is 72.7 cm³/mol. The van der Waals surface area contributed by atoms with Gasteiger partial charge in [0.25, 0.3) is 5.89 Å². The molecule has 5 heteroatoms. The molecule has 1 aromatic heterocycles. The second-order valence-corrected chi connectivity index (χ2v) is 5.90. The van der Waals surface area contributed by atoms with Crippen molar-refractivity contribution in [2.45, 2.75) is 25.0 Å². The molecule has 1 aliphatic heterocycles. The molecule has 0 atom stereocenters. The monoisotopic (exact) mass is 271 g/mol. The molecule has 1 aromatic carbocycles. The Morgan fingerprint density at radius 3 is 2.70 bits per heavy atom. The van der Waals surface area contributed by atoms with Gasteiger partial charge in [0.1, 0.15) is 0 Å². The molecule has 2 heterocycles. The first-order valence-electron chi connectivity index (χ1n) is 7.06. The van der Waals surface area contributed by atoms with Gasteiger partial charge in [-0.1, -0.05) is 23.4 Å². The van der Waals surface area contributed by atoms with E-state index in [4.69, 9.17) is 4.52 Å². The van der Waals surface area contributed by atoms with Gasteiger partial charge in [-0.15, -0.1) is 0 Å². The lowest BCUT2D eigenvalue weighted by molar-refractivity contribution is -0.117. The minimum atomic E-state index is -0.452. The summed E-state index contributed by atoms with van der Waals surface area (Å²) in [6.45, 7) is 2.10. The van der Waals surface area contributed by atoms with Crippen molar-refractivity contribution in [3.63, 3.8) is 0 Å². The number of aliphatic hydroxyl groups is 1. The number of rotatable bonds is 4. The Kier molecular flexibility index (Phi) is 2.65. The first-order valence-corrected chi connectivity index (χ1v) is 7.06. The third kappa shape index (κ3) is 2.13. The molecule has 20 heavy (non-hydrogen) atoms. The van der Waals surface area contributed by atoms with Crippen LogP contribution in [0.4, 0.5) is 0 Å². The molecule has 1 N–H and O–H groups in total. The highest BCUT2D eigenvalue weighted by atomic mass is 16.5. The van der Waals surface area contributed by atoms with Crippen LogP contribution in [0, 0.1) is 5.92 Å². The largest absolute Gasteiger partial charge is 0.387 e. The van der Waals surface area contributed by atoms with Gasteiger partial charge in [0.05, 0.1) is 12.1 Å². The number of hydrogen-bond donors (Lipinski definition) is 1. The van der Waals surface area contributed by atoms with Crippen LogP contribution in [0.25, 0.3) is 11.5 Å². The standard InChI is InChI=1S/C15H17N3O2/c19-15(12-6-7-12)9-18(10-15)8-13-16-14(20-17-13)11-4-2-1-3-5-11/h1-5,12,19H,6-10H2. The smallest absolute Gasteiger partial charge is 0.257 e. The molecule has 0 bridgehead atoms. The van der Waals surface area contributed by atoms with Crippen LogP contribution in [0.1, 0.15) is 18.7 Å². The summed E-state index contributed by atoms with van der Waals surface area (Å²) in [5.74, 6) is 1.75. The maximum Gasteiger partial charge on any atom is 0.257 e. The zero-order valence-corrected chi connectivity index (χ0v) is 11.2. The second-order valence-electron chi connectivity index (χ2n) is 5.90. The lowest BCUT2D eigenvalue weighted by Crippen LogP contribution is -2.62. The van der Waals surface area contributed by atoms with Crippen LogP contribution >= 0.6 is 0 Å². The molecule has 104 valence electrons. The molecule has 2 fully saturated rings. The summed E-state index contributed by atoms with van der Waals surface area (Å²) in [7, 11) is 0. The summed E-state index contributed by atoms with van der Waals surface area (Å²) in [6, 6.07) is 9.76. The van der Waals surface area contributed by atoms with Gasteiger partial charge >= 0.3 is 0 Å². The molecule has 0 amide bonds. The van der Waals surface area contributed by atoms with Crippen molar-refractivity contribution < 1.29 is 9.63 Å². The van der Waals surface area contributed by atoms with Gasteiger partial charge in [-0.2, -0.15) is 4.98 Å². The predicted octanol–water partition coefficient (Wildman–Crippen LogP) is 1.69. The number of benzene rings is 1. The van der Waals surface area contributed by atoms with Gasteiger partial charge in [-0.25, -0.2) is 0 Å². The van der Waals surface area contributed by atoms with Gasteiger partial charge in [0.15, 0.2) is 5.82 Å². The Hall–Kier alpha value is -1.72. The fourth-order valence-corrected chi connectivity index (χ4v) is 2.93. The third-order valence-electron chi connectivity index (χ3n) is 4.19. The van der Waals surface area contributed by atoms with Gasteiger partial charge in [0, 0.05) is 18.7 Å². The first-order chi connectivity index (χ1) is 9.73. The van der Waals surface area contributed by atoms with Gasteiger partial charge in [-0.3, -0.25) is 4.90 Å². The Morgan fingerprint density at radius 1 is 1.25 bits per heavy atom. The van der Waals surface area contributed by atoms with Crippen LogP contribution in [0.3, 0.4) is 0 Å². The number of nitrogens with zero attached hydrogens (tertiary/aromatic N) is 3. The molecule has 2 aromatic rings. The van der Waals surface area contributed by atoms with Crippen LogP contribution in [0.15, 0.2) is 34.9 Å². The van der Waals surface area contributed by atoms with Gasteiger partial charge < -0.3 is 9.63 Å². The molecule has 2 aliphatic rings. The maximum absolute atomic E-state index is 10.3. The minimum Gasteiger partial charge on any atom is -0.387 e. The van der Waals surface area contributed by atoms with E-state index in [2.05, 4.69) is 15.0 Å². The third-order valence-corrected chi connectivity index (χ3v) is 4.19. The van der Waals surface area contributed by atoms with Crippen LogP contribution in [0.5, 0.6) is 0 Å². The van der Waals surface area contributed by atoms with E-state index in [-0.39, 0.29) is 0 Å². The van der Waals surface area contributed by atoms with Gasteiger partial charge in [0.2, 0.25) is 0 Å².